The Labute approximate surface area is 94.8 Å². The summed E-state index contributed by atoms with van der Waals surface area (Å²) in [5.74, 6) is 0. The summed E-state index contributed by atoms with van der Waals surface area (Å²) in [7, 11) is 0. The molecule has 1 fully saturated rings. The van der Waals surface area contributed by atoms with Gasteiger partial charge in [-0.25, -0.2) is 0 Å². The molecule has 1 N–H and O–H groups in total. The maximum absolute atomic E-state index is 5.57. The van der Waals surface area contributed by atoms with Crippen LogP contribution in [0, 0.1) is 0 Å². The summed E-state index contributed by atoms with van der Waals surface area (Å²) in [6, 6.07) is 1.42. The van der Waals surface area contributed by atoms with Crippen LogP contribution in [0.4, 0.5) is 0 Å². The molecule has 0 aromatic carbocycles. The minimum Gasteiger partial charge on any atom is -0.378 e. The van der Waals surface area contributed by atoms with Crippen LogP contribution in [0.5, 0.6) is 0 Å². The lowest BCUT2D eigenvalue weighted by Crippen LogP contribution is -2.43. The highest BCUT2D eigenvalue weighted by Crippen LogP contribution is 2.16. The molecule has 0 amide bonds. The van der Waals surface area contributed by atoms with Gasteiger partial charge in [-0.05, 0) is 32.6 Å². The van der Waals surface area contributed by atoms with Crippen LogP contribution in [0.15, 0.2) is 0 Å². The third-order valence-corrected chi connectivity index (χ3v) is 3.23. The SMILES string of the molecule is CCCC(CCC)NC1CCOC(C)C1. The van der Waals surface area contributed by atoms with Gasteiger partial charge in [0, 0.05) is 18.7 Å². The Bertz CT molecular complexity index is 152. The molecule has 15 heavy (non-hydrogen) atoms. The number of ether oxygens (including phenoxy) is 1. The minimum absolute atomic E-state index is 0.445. The Morgan fingerprint density at radius 2 is 1.93 bits per heavy atom. The molecule has 2 unspecified atom stereocenters. The largest absolute Gasteiger partial charge is 0.378 e. The van der Waals surface area contributed by atoms with Crippen LogP contribution < -0.4 is 5.32 Å². The Morgan fingerprint density at radius 1 is 1.27 bits per heavy atom. The molecular weight excluding hydrogens is 186 g/mol. The highest BCUT2D eigenvalue weighted by Gasteiger charge is 2.21. The number of nitrogens with one attached hydrogen (secondary N) is 1. The molecule has 0 aliphatic carbocycles. The standard InChI is InChI=1S/C13H27NO/c1-4-6-12(7-5-2)14-13-8-9-15-11(3)10-13/h11-14H,4-10H2,1-3H3. The molecule has 0 bridgehead atoms. The first-order chi connectivity index (χ1) is 7.26. The van der Waals surface area contributed by atoms with Gasteiger partial charge in [-0.2, -0.15) is 0 Å². The molecule has 0 spiro atoms. The molecule has 1 rings (SSSR count). The Kier molecular flexibility index (Phi) is 6.26. The molecule has 1 saturated heterocycles. The number of rotatable bonds is 6. The molecule has 2 heteroatoms. The molecule has 1 aliphatic rings. The van der Waals surface area contributed by atoms with Crippen LogP contribution in [0.1, 0.15) is 59.3 Å². The summed E-state index contributed by atoms with van der Waals surface area (Å²) in [5.41, 5.74) is 0. The quantitative estimate of drug-likeness (QED) is 0.732. The molecular formula is C13H27NO. The normalized spacial score (nSPS) is 27.2. The van der Waals surface area contributed by atoms with E-state index < -0.39 is 0 Å². The van der Waals surface area contributed by atoms with Crippen LogP contribution in [0.2, 0.25) is 0 Å². The van der Waals surface area contributed by atoms with Crippen molar-refractivity contribution < 1.29 is 4.74 Å². The fraction of sp³-hybridized carbons (Fsp3) is 1.00. The van der Waals surface area contributed by atoms with Gasteiger partial charge in [0.2, 0.25) is 0 Å². The molecule has 1 aliphatic heterocycles. The number of hydrogen-bond acceptors (Lipinski definition) is 2. The van der Waals surface area contributed by atoms with E-state index in [1.54, 1.807) is 0 Å². The minimum atomic E-state index is 0.445. The maximum atomic E-state index is 5.57. The summed E-state index contributed by atoms with van der Waals surface area (Å²) in [4.78, 5) is 0. The van der Waals surface area contributed by atoms with Crippen LogP contribution in [0.3, 0.4) is 0 Å². The van der Waals surface area contributed by atoms with Crippen LogP contribution in [0.25, 0.3) is 0 Å². The third kappa shape index (κ3) is 4.98. The van der Waals surface area contributed by atoms with Gasteiger partial charge in [0.1, 0.15) is 0 Å². The fourth-order valence-electron chi connectivity index (χ4n) is 2.49. The van der Waals surface area contributed by atoms with E-state index in [-0.39, 0.29) is 0 Å². The van der Waals surface area contributed by atoms with E-state index in [4.69, 9.17) is 4.74 Å². The monoisotopic (exact) mass is 213 g/mol. The molecule has 0 aromatic rings. The molecule has 2 atom stereocenters. The zero-order valence-corrected chi connectivity index (χ0v) is 10.6. The first kappa shape index (κ1) is 13.0. The van der Waals surface area contributed by atoms with Crippen LogP contribution in [-0.2, 0) is 4.74 Å². The Morgan fingerprint density at radius 3 is 2.47 bits per heavy atom. The predicted molar refractivity (Wildman–Crippen MR) is 65.2 cm³/mol. The van der Waals surface area contributed by atoms with E-state index in [1.165, 1.54) is 38.5 Å². The third-order valence-electron chi connectivity index (χ3n) is 3.23. The van der Waals surface area contributed by atoms with E-state index in [1.807, 2.05) is 0 Å². The van der Waals surface area contributed by atoms with Gasteiger partial charge >= 0.3 is 0 Å². The summed E-state index contributed by atoms with van der Waals surface area (Å²) in [6.45, 7) is 7.67. The first-order valence-electron chi connectivity index (χ1n) is 6.63. The molecule has 0 saturated carbocycles. The highest BCUT2D eigenvalue weighted by molar-refractivity contribution is 4.78. The van der Waals surface area contributed by atoms with Crippen molar-refractivity contribution in [3.8, 4) is 0 Å². The molecule has 0 aromatic heterocycles. The van der Waals surface area contributed by atoms with E-state index in [0.29, 0.717) is 12.1 Å². The second-order valence-corrected chi connectivity index (χ2v) is 4.84. The lowest BCUT2D eigenvalue weighted by Gasteiger charge is -2.31. The van der Waals surface area contributed by atoms with Crippen LogP contribution >= 0.6 is 0 Å². The van der Waals surface area contributed by atoms with Gasteiger partial charge in [0.25, 0.3) is 0 Å². The summed E-state index contributed by atoms with van der Waals surface area (Å²) in [6.07, 6.45) is 8.03. The number of hydrogen-bond donors (Lipinski definition) is 1. The van der Waals surface area contributed by atoms with Crippen molar-refractivity contribution in [1.82, 2.24) is 5.32 Å². The lowest BCUT2D eigenvalue weighted by atomic mass is 10.00. The highest BCUT2D eigenvalue weighted by atomic mass is 16.5. The van der Waals surface area contributed by atoms with Gasteiger partial charge in [-0.3, -0.25) is 0 Å². The van der Waals surface area contributed by atoms with Crippen molar-refractivity contribution in [2.75, 3.05) is 6.61 Å². The second-order valence-electron chi connectivity index (χ2n) is 4.84. The molecule has 2 nitrogen and oxygen atoms in total. The maximum Gasteiger partial charge on any atom is 0.0561 e. The molecule has 90 valence electrons. The first-order valence-corrected chi connectivity index (χ1v) is 6.63. The lowest BCUT2D eigenvalue weighted by molar-refractivity contribution is 0.0108. The van der Waals surface area contributed by atoms with Crippen molar-refractivity contribution in [2.45, 2.75) is 77.5 Å². The van der Waals surface area contributed by atoms with E-state index >= 15 is 0 Å². The zero-order chi connectivity index (χ0) is 11.1. The Hall–Kier alpha value is -0.0800. The second kappa shape index (κ2) is 7.24. The van der Waals surface area contributed by atoms with Gasteiger partial charge in [-0.15, -0.1) is 0 Å². The molecule has 1 heterocycles. The van der Waals surface area contributed by atoms with E-state index in [9.17, 15) is 0 Å². The summed E-state index contributed by atoms with van der Waals surface area (Å²) < 4.78 is 5.57. The van der Waals surface area contributed by atoms with Gasteiger partial charge in [0.15, 0.2) is 0 Å². The van der Waals surface area contributed by atoms with Crippen molar-refractivity contribution in [3.63, 3.8) is 0 Å². The van der Waals surface area contributed by atoms with Gasteiger partial charge in [-0.1, -0.05) is 26.7 Å². The van der Waals surface area contributed by atoms with Crippen molar-refractivity contribution in [1.29, 1.82) is 0 Å². The average molecular weight is 213 g/mol. The molecule has 0 radical (unpaired) electrons. The van der Waals surface area contributed by atoms with Gasteiger partial charge in [0.05, 0.1) is 6.10 Å². The fourth-order valence-corrected chi connectivity index (χ4v) is 2.49. The van der Waals surface area contributed by atoms with E-state index in [0.717, 1.165) is 12.6 Å². The predicted octanol–water partition coefficient (Wildman–Crippen LogP) is 3.11. The van der Waals surface area contributed by atoms with Crippen molar-refractivity contribution >= 4 is 0 Å². The average Bonchev–Trinajstić information content (AvgIpc) is 2.18. The van der Waals surface area contributed by atoms with Crippen molar-refractivity contribution in [3.05, 3.63) is 0 Å². The Balaban J connectivity index is 2.28. The zero-order valence-electron chi connectivity index (χ0n) is 10.6. The summed E-state index contributed by atoms with van der Waals surface area (Å²) in [5, 5.41) is 3.81. The topological polar surface area (TPSA) is 21.3 Å². The smallest absolute Gasteiger partial charge is 0.0561 e. The van der Waals surface area contributed by atoms with E-state index in [2.05, 4.69) is 26.1 Å². The van der Waals surface area contributed by atoms with Crippen molar-refractivity contribution in [2.24, 2.45) is 0 Å². The summed E-state index contributed by atoms with van der Waals surface area (Å²) >= 11 is 0. The van der Waals surface area contributed by atoms with Crippen LogP contribution in [-0.4, -0.2) is 24.8 Å². The van der Waals surface area contributed by atoms with Gasteiger partial charge < -0.3 is 10.1 Å².